The molecule has 1 aliphatic rings. The molecule has 2 aromatic heterocycles. The summed E-state index contributed by atoms with van der Waals surface area (Å²) in [5.74, 6) is 2.35. The average molecular weight is 462 g/mol. The summed E-state index contributed by atoms with van der Waals surface area (Å²) in [6, 6.07) is 14.4. The van der Waals surface area contributed by atoms with Gasteiger partial charge in [-0.05, 0) is 68.7 Å². The van der Waals surface area contributed by atoms with E-state index >= 15 is 0 Å². The van der Waals surface area contributed by atoms with Crippen LogP contribution >= 0.6 is 0 Å². The maximum absolute atomic E-state index is 5.87. The summed E-state index contributed by atoms with van der Waals surface area (Å²) in [7, 11) is 3.33. The average Bonchev–Trinajstić information content (AvgIpc) is 3.48. The summed E-state index contributed by atoms with van der Waals surface area (Å²) in [5, 5.41) is 7.65. The second-order valence-corrected chi connectivity index (χ2v) is 8.95. The lowest BCUT2D eigenvalue weighted by Gasteiger charge is -2.36. The number of rotatable bonds is 7. The van der Waals surface area contributed by atoms with E-state index in [1.165, 1.54) is 5.69 Å². The molecule has 2 N–H and O–H groups in total. The quantitative estimate of drug-likeness (QED) is 0.425. The molecule has 2 aromatic carbocycles. The van der Waals surface area contributed by atoms with Crippen LogP contribution in [-0.2, 0) is 17.6 Å². The smallest absolute Gasteiger partial charge is 0.159 e. The Morgan fingerprint density at radius 1 is 0.971 bits per heavy atom. The molecule has 0 aliphatic carbocycles. The normalized spacial score (nSPS) is 18.4. The molecule has 1 aliphatic heterocycles. The molecule has 5 rings (SSSR count). The lowest BCUT2D eigenvalue weighted by atomic mass is 10.1. The number of hydrogen-bond donors (Lipinski definition) is 2. The fraction of sp³-hybridized carbons (Fsp3) is 0.385. The molecule has 34 heavy (non-hydrogen) atoms. The summed E-state index contributed by atoms with van der Waals surface area (Å²) in [5.41, 5.74) is 6.13. The second kappa shape index (κ2) is 9.38. The van der Waals surface area contributed by atoms with E-state index in [-0.39, 0.29) is 12.2 Å². The Labute approximate surface area is 199 Å². The summed E-state index contributed by atoms with van der Waals surface area (Å²) in [6.45, 7) is 6.02. The molecule has 0 amide bonds. The topological polar surface area (TPSA) is 88.3 Å². The molecule has 1 fully saturated rings. The van der Waals surface area contributed by atoms with Gasteiger partial charge in [0, 0.05) is 30.5 Å². The number of morpholine rings is 1. The third-order valence-corrected chi connectivity index (χ3v) is 6.22. The number of hydrogen-bond acceptors (Lipinski definition) is 6. The van der Waals surface area contributed by atoms with Gasteiger partial charge < -0.3 is 24.1 Å². The zero-order valence-corrected chi connectivity index (χ0v) is 20.1. The molecule has 2 atom stereocenters. The van der Waals surface area contributed by atoms with Crippen LogP contribution in [0.15, 0.2) is 42.5 Å². The molecule has 4 aromatic rings. The number of ether oxygens (including phenoxy) is 3. The Kier molecular flexibility index (Phi) is 6.15. The van der Waals surface area contributed by atoms with Crippen LogP contribution in [0.4, 0.5) is 5.69 Å². The first kappa shape index (κ1) is 22.3. The maximum atomic E-state index is 5.87. The van der Waals surface area contributed by atoms with E-state index in [0.717, 1.165) is 71.2 Å². The van der Waals surface area contributed by atoms with Gasteiger partial charge in [0.1, 0.15) is 17.2 Å². The van der Waals surface area contributed by atoms with Crippen LogP contribution in [-0.4, -0.2) is 59.7 Å². The number of aromatic amines is 2. The van der Waals surface area contributed by atoms with Crippen LogP contribution in [0.25, 0.3) is 22.6 Å². The standard InChI is InChI=1S/C26H31N5O3/c1-16-14-31(15-17(2)34-16)20-7-8-23-24(12-20)28-26(27-23)25-11-19(29-30-25)6-5-18-9-21(32-3)13-22(10-18)33-4/h7-13,16-17H,5-6,14-15H2,1-4H3,(H,27,28)(H,29,30)/t16-,17+. The van der Waals surface area contributed by atoms with Crippen LogP contribution in [0.3, 0.4) is 0 Å². The fourth-order valence-corrected chi connectivity index (χ4v) is 4.61. The molecule has 178 valence electrons. The highest BCUT2D eigenvalue weighted by Gasteiger charge is 2.23. The minimum absolute atomic E-state index is 0.220. The highest BCUT2D eigenvalue weighted by molar-refractivity contribution is 5.82. The minimum Gasteiger partial charge on any atom is -0.497 e. The number of methoxy groups -OCH3 is 2. The lowest BCUT2D eigenvalue weighted by Crippen LogP contribution is -2.45. The first-order valence-corrected chi connectivity index (χ1v) is 11.7. The number of fused-ring (bicyclic) bond motifs is 1. The fourth-order valence-electron chi connectivity index (χ4n) is 4.61. The molecule has 0 bridgehead atoms. The van der Waals surface area contributed by atoms with Gasteiger partial charge in [-0.2, -0.15) is 5.10 Å². The van der Waals surface area contributed by atoms with Crippen molar-refractivity contribution in [3.05, 3.63) is 53.7 Å². The van der Waals surface area contributed by atoms with Crippen molar-refractivity contribution in [1.29, 1.82) is 0 Å². The third kappa shape index (κ3) is 4.72. The Balaban J connectivity index is 1.31. The van der Waals surface area contributed by atoms with Crippen molar-refractivity contribution in [2.24, 2.45) is 0 Å². The molecular weight excluding hydrogens is 430 g/mol. The largest absolute Gasteiger partial charge is 0.497 e. The van der Waals surface area contributed by atoms with Crippen molar-refractivity contribution in [1.82, 2.24) is 20.2 Å². The van der Waals surface area contributed by atoms with E-state index in [1.54, 1.807) is 14.2 Å². The molecule has 8 nitrogen and oxygen atoms in total. The monoisotopic (exact) mass is 461 g/mol. The van der Waals surface area contributed by atoms with Gasteiger partial charge in [-0.3, -0.25) is 5.10 Å². The van der Waals surface area contributed by atoms with Crippen LogP contribution in [0.2, 0.25) is 0 Å². The molecule has 1 saturated heterocycles. The zero-order valence-electron chi connectivity index (χ0n) is 20.1. The third-order valence-electron chi connectivity index (χ3n) is 6.22. The van der Waals surface area contributed by atoms with E-state index in [0.29, 0.717) is 0 Å². The summed E-state index contributed by atoms with van der Waals surface area (Å²) in [4.78, 5) is 10.6. The lowest BCUT2D eigenvalue weighted by molar-refractivity contribution is -0.00521. The molecule has 0 radical (unpaired) electrons. The Hall–Kier alpha value is -3.52. The highest BCUT2D eigenvalue weighted by Crippen LogP contribution is 2.27. The Morgan fingerprint density at radius 2 is 1.71 bits per heavy atom. The number of aryl methyl sites for hydroxylation is 2. The van der Waals surface area contributed by atoms with Gasteiger partial charge in [0.25, 0.3) is 0 Å². The molecule has 0 spiro atoms. The Morgan fingerprint density at radius 3 is 2.41 bits per heavy atom. The van der Waals surface area contributed by atoms with Gasteiger partial charge in [0.2, 0.25) is 0 Å². The number of benzene rings is 2. The highest BCUT2D eigenvalue weighted by atomic mass is 16.5. The van der Waals surface area contributed by atoms with Gasteiger partial charge in [-0.15, -0.1) is 0 Å². The van der Waals surface area contributed by atoms with Crippen molar-refractivity contribution in [3.8, 4) is 23.0 Å². The number of imidazole rings is 1. The molecule has 8 heteroatoms. The van der Waals surface area contributed by atoms with Crippen LogP contribution < -0.4 is 14.4 Å². The predicted molar refractivity (Wildman–Crippen MR) is 133 cm³/mol. The summed E-state index contributed by atoms with van der Waals surface area (Å²) >= 11 is 0. The van der Waals surface area contributed by atoms with E-state index in [9.17, 15) is 0 Å². The molecule has 0 unspecified atom stereocenters. The van der Waals surface area contributed by atoms with Gasteiger partial charge in [-0.1, -0.05) is 0 Å². The number of aromatic nitrogens is 4. The second-order valence-electron chi connectivity index (χ2n) is 8.95. The van der Waals surface area contributed by atoms with Gasteiger partial charge in [0.15, 0.2) is 5.82 Å². The summed E-state index contributed by atoms with van der Waals surface area (Å²) in [6.07, 6.45) is 2.10. The van der Waals surface area contributed by atoms with Crippen molar-refractivity contribution >= 4 is 16.7 Å². The first-order valence-electron chi connectivity index (χ1n) is 11.7. The molecular formula is C26H31N5O3. The Bertz CT molecular complexity index is 1250. The number of nitrogens with zero attached hydrogens (tertiary/aromatic N) is 3. The predicted octanol–water partition coefficient (Wildman–Crippen LogP) is 4.37. The van der Waals surface area contributed by atoms with Crippen LogP contribution in [0.1, 0.15) is 25.1 Å². The minimum atomic E-state index is 0.220. The maximum Gasteiger partial charge on any atom is 0.159 e. The van der Waals surface area contributed by atoms with Crippen molar-refractivity contribution in [3.63, 3.8) is 0 Å². The number of H-pyrrole nitrogens is 2. The SMILES string of the molecule is COc1cc(CCc2cc(-c3nc4ccc(N5C[C@@H](C)O[C@@H](C)C5)cc4[nH]3)n[nH]2)cc(OC)c1. The molecule has 0 saturated carbocycles. The summed E-state index contributed by atoms with van der Waals surface area (Å²) < 4.78 is 16.6. The first-order chi connectivity index (χ1) is 16.5. The van der Waals surface area contributed by atoms with Crippen LogP contribution in [0.5, 0.6) is 11.5 Å². The van der Waals surface area contributed by atoms with Crippen molar-refractivity contribution < 1.29 is 14.2 Å². The van der Waals surface area contributed by atoms with Gasteiger partial charge in [0.05, 0.1) is 37.5 Å². The van der Waals surface area contributed by atoms with E-state index in [4.69, 9.17) is 19.2 Å². The number of anilines is 1. The van der Waals surface area contributed by atoms with Gasteiger partial charge >= 0.3 is 0 Å². The van der Waals surface area contributed by atoms with E-state index < -0.39 is 0 Å². The van der Waals surface area contributed by atoms with Crippen molar-refractivity contribution in [2.75, 3.05) is 32.2 Å². The van der Waals surface area contributed by atoms with E-state index in [2.05, 4.69) is 58.2 Å². The molecule has 3 heterocycles. The number of nitrogens with one attached hydrogen (secondary N) is 2. The zero-order chi connectivity index (χ0) is 23.7. The van der Waals surface area contributed by atoms with Crippen molar-refractivity contribution in [2.45, 2.75) is 38.9 Å². The van der Waals surface area contributed by atoms with Gasteiger partial charge in [-0.25, -0.2) is 4.98 Å². The van der Waals surface area contributed by atoms with Crippen LogP contribution in [0, 0.1) is 0 Å². The van der Waals surface area contributed by atoms with E-state index in [1.807, 2.05) is 18.2 Å².